The van der Waals surface area contributed by atoms with Gasteiger partial charge in [-0.1, -0.05) is 192 Å². The number of benzene rings is 8. The van der Waals surface area contributed by atoms with Crippen molar-refractivity contribution in [3.05, 3.63) is 167 Å². The van der Waals surface area contributed by atoms with E-state index in [-0.39, 0.29) is 34.5 Å². The summed E-state index contributed by atoms with van der Waals surface area (Å²) in [7, 11) is 0. The molecule has 0 aliphatic carbocycles. The fourth-order valence-corrected chi connectivity index (χ4v) is 15.2. The molecule has 0 saturated carbocycles. The van der Waals surface area contributed by atoms with Gasteiger partial charge < -0.3 is 18.2 Å². The van der Waals surface area contributed by atoms with Crippen LogP contribution in [0.2, 0.25) is 0 Å². The van der Waals surface area contributed by atoms with E-state index in [2.05, 4.69) is 235 Å². The maximum atomic E-state index is 2.83. The normalized spacial score (nSPS) is 15.6. The minimum absolute atomic E-state index is 0.0404. The van der Waals surface area contributed by atoms with Gasteiger partial charge in [0.05, 0.1) is 50.3 Å². The molecule has 72 heavy (non-hydrogen) atoms. The molecule has 4 aliphatic rings. The Bertz CT molecular complexity index is 4260. The predicted molar refractivity (Wildman–Crippen MR) is 307 cm³/mol. The summed E-state index contributed by atoms with van der Waals surface area (Å²) in [5, 5.41) is 8.28. The molecule has 0 amide bonds. The molecule has 4 nitrogen and oxygen atoms in total. The van der Waals surface area contributed by atoms with Crippen LogP contribution < -0.4 is 10.9 Å². The van der Waals surface area contributed by atoms with Crippen molar-refractivity contribution in [2.24, 2.45) is 0 Å². The van der Waals surface area contributed by atoms with Crippen LogP contribution in [0.25, 0.3) is 110 Å². The second-order valence-corrected chi connectivity index (χ2v) is 26.0. The Morgan fingerprint density at radius 3 is 1.49 bits per heavy atom. The highest BCUT2D eigenvalue weighted by atomic mass is 15.1. The molecule has 8 aromatic carbocycles. The summed E-state index contributed by atoms with van der Waals surface area (Å²) >= 11 is 0. The van der Waals surface area contributed by atoms with E-state index in [1.165, 1.54) is 154 Å². The summed E-state index contributed by atoms with van der Waals surface area (Å²) in [5.41, 5.74) is 29.6. The van der Waals surface area contributed by atoms with Gasteiger partial charge in [-0.25, -0.2) is 0 Å². The Kier molecular flexibility index (Phi) is 7.29. The highest BCUT2D eigenvalue weighted by molar-refractivity contribution is 6.90. The van der Waals surface area contributed by atoms with Crippen molar-refractivity contribution in [1.82, 2.24) is 18.2 Å². The van der Waals surface area contributed by atoms with Gasteiger partial charge in [-0.3, -0.25) is 0 Å². The number of aromatic nitrogens is 4. The molecule has 1 unspecified atom stereocenters. The molecule has 0 radical (unpaired) electrons. The van der Waals surface area contributed by atoms with Crippen LogP contribution in [0.1, 0.15) is 123 Å². The van der Waals surface area contributed by atoms with Crippen LogP contribution in [-0.4, -0.2) is 25.0 Å². The van der Waals surface area contributed by atoms with Crippen molar-refractivity contribution in [1.29, 1.82) is 0 Å². The van der Waals surface area contributed by atoms with Crippen molar-refractivity contribution < 1.29 is 0 Å². The summed E-state index contributed by atoms with van der Waals surface area (Å²) in [6.45, 7) is 28.6. The van der Waals surface area contributed by atoms with Crippen LogP contribution in [0.15, 0.2) is 133 Å². The topological polar surface area (TPSA) is 19.7 Å². The van der Waals surface area contributed by atoms with Crippen LogP contribution in [-0.2, 0) is 21.7 Å². The summed E-state index contributed by atoms with van der Waals surface area (Å²) in [6, 6.07) is 52.8. The first-order valence-corrected chi connectivity index (χ1v) is 26.4. The third-order valence-electron chi connectivity index (χ3n) is 17.8. The van der Waals surface area contributed by atoms with E-state index < -0.39 is 0 Å². The van der Waals surface area contributed by atoms with Gasteiger partial charge >= 0.3 is 6.85 Å². The fraction of sp³-hybridized carbons (Fsp3) is 0.254. The molecular formula is C67H59BN4. The van der Waals surface area contributed by atoms with Gasteiger partial charge in [-0.15, -0.1) is 0 Å². The summed E-state index contributed by atoms with van der Waals surface area (Å²) in [6.07, 6.45) is 0. The Balaban J connectivity index is 1.09. The highest BCUT2D eigenvalue weighted by Gasteiger charge is 2.46. The Labute approximate surface area is 421 Å². The SMILES string of the molecule is CC(C)(C)c1cccc2c1c1c(C(C)(C)C)ccc3c1n2-c1cccc2c1B3n1c3c-2cccc3c2c1c1cccc3c1n2C1c2c-3cccc2-n2c3cccc(C(C)(C)C)c3c3c(C(C)(C)C)ccc1c32. The maximum absolute atomic E-state index is 2.83. The first-order chi connectivity index (χ1) is 34.4. The third-order valence-corrected chi connectivity index (χ3v) is 17.8. The molecule has 0 fully saturated rings. The van der Waals surface area contributed by atoms with Gasteiger partial charge in [0.1, 0.15) is 0 Å². The van der Waals surface area contributed by atoms with E-state index in [9.17, 15) is 0 Å². The van der Waals surface area contributed by atoms with Crippen LogP contribution >= 0.6 is 0 Å². The van der Waals surface area contributed by atoms with Crippen LogP contribution in [0.4, 0.5) is 0 Å². The lowest BCUT2D eigenvalue weighted by Crippen LogP contribution is -2.55. The smallest absolute Gasteiger partial charge is 0.333 e. The minimum Gasteiger partial charge on any atom is -0.374 e. The zero-order valence-corrected chi connectivity index (χ0v) is 43.6. The van der Waals surface area contributed by atoms with E-state index in [1.807, 2.05) is 0 Å². The number of hydrogen-bond acceptors (Lipinski definition) is 0. The number of rotatable bonds is 0. The molecule has 16 rings (SSSR count). The zero-order valence-electron chi connectivity index (χ0n) is 43.6. The molecule has 12 aromatic rings. The van der Waals surface area contributed by atoms with Crippen molar-refractivity contribution >= 4 is 94.2 Å². The van der Waals surface area contributed by atoms with Crippen LogP contribution in [0, 0.1) is 0 Å². The molecule has 5 heteroatoms. The Morgan fingerprint density at radius 2 is 0.861 bits per heavy atom. The highest BCUT2D eigenvalue weighted by Crippen LogP contribution is 2.58. The van der Waals surface area contributed by atoms with Crippen molar-refractivity contribution in [2.45, 2.75) is 111 Å². The molecule has 350 valence electrons. The van der Waals surface area contributed by atoms with Gasteiger partial charge in [0, 0.05) is 65.8 Å². The van der Waals surface area contributed by atoms with Gasteiger partial charge in [0.25, 0.3) is 0 Å². The van der Waals surface area contributed by atoms with Gasteiger partial charge in [-0.05, 0) is 90.2 Å². The average Bonchev–Trinajstić information content (AvgIpc) is 4.07. The van der Waals surface area contributed by atoms with Crippen LogP contribution in [0.3, 0.4) is 0 Å². The van der Waals surface area contributed by atoms with E-state index in [1.54, 1.807) is 0 Å². The zero-order chi connectivity index (χ0) is 49.2. The predicted octanol–water partition coefficient (Wildman–Crippen LogP) is 16.0. The first-order valence-electron chi connectivity index (χ1n) is 26.4. The van der Waals surface area contributed by atoms with E-state index >= 15 is 0 Å². The lowest BCUT2D eigenvalue weighted by atomic mass is 9.45. The van der Waals surface area contributed by atoms with Gasteiger partial charge in [-0.2, -0.15) is 0 Å². The quantitative estimate of drug-likeness (QED) is 0.135. The number of nitrogens with zero attached hydrogens (tertiary/aromatic N) is 4. The Morgan fingerprint density at radius 1 is 0.375 bits per heavy atom. The number of fused-ring (bicyclic) bond motifs is 19. The Hall–Kier alpha value is -7.24. The second-order valence-electron chi connectivity index (χ2n) is 26.0. The summed E-state index contributed by atoms with van der Waals surface area (Å²) in [4.78, 5) is 0. The lowest BCUT2D eigenvalue weighted by Gasteiger charge is -2.36. The third kappa shape index (κ3) is 4.66. The van der Waals surface area contributed by atoms with E-state index in [0.717, 1.165) is 0 Å². The van der Waals surface area contributed by atoms with Gasteiger partial charge in [0.15, 0.2) is 0 Å². The molecule has 4 aliphatic heterocycles. The first kappa shape index (κ1) is 41.4. The van der Waals surface area contributed by atoms with E-state index in [4.69, 9.17) is 0 Å². The minimum atomic E-state index is -0.0681. The molecule has 1 atom stereocenters. The molecule has 0 spiro atoms. The van der Waals surface area contributed by atoms with Crippen LogP contribution in [0.5, 0.6) is 0 Å². The summed E-state index contributed by atoms with van der Waals surface area (Å²) in [5.74, 6) is 0. The molecule has 0 N–H and O–H groups in total. The number of para-hydroxylation sites is 2. The van der Waals surface area contributed by atoms with Crippen molar-refractivity contribution in [3.8, 4) is 33.6 Å². The average molecular weight is 931 g/mol. The molecule has 0 saturated heterocycles. The molecule has 4 aromatic heterocycles. The molecular weight excluding hydrogens is 872 g/mol. The maximum Gasteiger partial charge on any atom is 0.333 e. The van der Waals surface area contributed by atoms with Crippen molar-refractivity contribution in [2.75, 3.05) is 0 Å². The lowest BCUT2D eigenvalue weighted by molar-refractivity contribution is 0.592. The molecule has 0 bridgehead atoms. The largest absolute Gasteiger partial charge is 0.374 e. The second kappa shape index (κ2) is 12.7. The fourth-order valence-electron chi connectivity index (χ4n) is 15.2. The molecule has 8 heterocycles. The number of hydrogen-bond donors (Lipinski definition) is 0. The monoisotopic (exact) mass is 930 g/mol. The van der Waals surface area contributed by atoms with Gasteiger partial charge in [0.2, 0.25) is 0 Å². The van der Waals surface area contributed by atoms with Crippen molar-refractivity contribution in [3.63, 3.8) is 0 Å². The standard InChI is InChI=1S/C67H59BN4/c1-64(2,3)42-25-17-28-48-52(42)54-44(66(7,8)9)32-31-41-59-51-35(19-15-27-47(51)69(48)60(41)54)37-21-13-23-39-57(37)71(59)61-40-24-14-22-38-36-20-16-30-50-56(36)68(72(58(38)40)62(39)61)46-34-33-45(67(10,11)12)55-53-43(65(4,5)6)26-18-29-49(53)70(50)63(46)55/h13-34,59H,1-12H3. The summed E-state index contributed by atoms with van der Waals surface area (Å²) < 4.78 is 11.0. The van der Waals surface area contributed by atoms with E-state index in [0.29, 0.717) is 0 Å².